The average Bonchev–Trinajstić information content (AvgIpc) is 2.48. The molecule has 0 spiro atoms. The molecule has 0 aliphatic rings. The van der Waals surface area contributed by atoms with Crippen LogP contribution in [0.4, 0.5) is 11.4 Å². The molecular formula is C16H15BrN2O2S. The van der Waals surface area contributed by atoms with Crippen LogP contribution < -0.4 is 10.6 Å². The Morgan fingerprint density at radius 2 is 1.45 bits per heavy atom. The first-order valence-corrected chi connectivity index (χ1v) is 8.56. The van der Waals surface area contributed by atoms with Gasteiger partial charge in [0.25, 0.3) is 0 Å². The molecule has 0 radical (unpaired) electrons. The summed E-state index contributed by atoms with van der Waals surface area (Å²) in [6, 6.07) is 16.6. The number of amides is 2. The van der Waals surface area contributed by atoms with E-state index in [-0.39, 0.29) is 23.3 Å². The molecular weight excluding hydrogens is 364 g/mol. The van der Waals surface area contributed by atoms with Crippen LogP contribution in [0.5, 0.6) is 0 Å². The fourth-order valence-electron chi connectivity index (χ4n) is 1.72. The number of anilines is 2. The quantitative estimate of drug-likeness (QED) is 0.804. The van der Waals surface area contributed by atoms with E-state index in [0.29, 0.717) is 0 Å². The van der Waals surface area contributed by atoms with Gasteiger partial charge in [0.15, 0.2) is 0 Å². The Balaban J connectivity index is 1.69. The van der Waals surface area contributed by atoms with Gasteiger partial charge in [0.2, 0.25) is 11.8 Å². The van der Waals surface area contributed by atoms with Crippen LogP contribution in [-0.2, 0) is 9.59 Å². The van der Waals surface area contributed by atoms with Gasteiger partial charge >= 0.3 is 0 Å². The van der Waals surface area contributed by atoms with E-state index in [2.05, 4.69) is 26.6 Å². The molecule has 0 unspecified atom stereocenters. The summed E-state index contributed by atoms with van der Waals surface area (Å²) in [6.07, 6.45) is 0. The van der Waals surface area contributed by atoms with Crippen LogP contribution in [0.3, 0.4) is 0 Å². The van der Waals surface area contributed by atoms with E-state index >= 15 is 0 Å². The second kappa shape index (κ2) is 8.60. The molecule has 0 saturated heterocycles. The Hall–Kier alpha value is -1.79. The van der Waals surface area contributed by atoms with Gasteiger partial charge in [-0.3, -0.25) is 9.59 Å². The van der Waals surface area contributed by atoms with Gasteiger partial charge in [0.1, 0.15) is 0 Å². The van der Waals surface area contributed by atoms with E-state index < -0.39 is 0 Å². The van der Waals surface area contributed by atoms with E-state index in [4.69, 9.17) is 0 Å². The van der Waals surface area contributed by atoms with Crippen LogP contribution >= 0.6 is 27.7 Å². The third-order valence-corrected chi connectivity index (χ3v) is 4.06. The molecule has 0 saturated carbocycles. The fourth-order valence-corrected chi connectivity index (χ4v) is 2.73. The molecule has 2 N–H and O–H groups in total. The lowest BCUT2D eigenvalue weighted by Crippen LogP contribution is -2.18. The predicted octanol–water partition coefficient (Wildman–Crippen LogP) is 3.76. The minimum Gasteiger partial charge on any atom is -0.325 e. The number of hydrogen-bond acceptors (Lipinski definition) is 3. The molecule has 4 nitrogen and oxygen atoms in total. The maximum absolute atomic E-state index is 11.8. The van der Waals surface area contributed by atoms with Gasteiger partial charge in [-0.15, -0.1) is 11.8 Å². The molecule has 0 heterocycles. The zero-order chi connectivity index (χ0) is 15.8. The van der Waals surface area contributed by atoms with Crippen LogP contribution in [0.2, 0.25) is 0 Å². The van der Waals surface area contributed by atoms with E-state index in [1.807, 2.05) is 54.6 Å². The van der Waals surface area contributed by atoms with Crippen molar-refractivity contribution in [3.63, 3.8) is 0 Å². The summed E-state index contributed by atoms with van der Waals surface area (Å²) in [7, 11) is 0. The fraction of sp³-hybridized carbons (Fsp3) is 0.125. The van der Waals surface area contributed by atoms with E-state index in [1.165, 1.54) is 11.8 Å². The Bertz CT molecular complexity index is 650. The number of rotatable bonds is 6. The number of carbonyl (C=O) groups is 2. The third kappa shape index (κ3) is 5.91. The van der Waals surface area contributed by atoms with Crippen molar-refractivity contribution in [2.75, 3.05) is 22.1 Å². The SMILES string of the molecule is O=C(CSCC(=O)Nc1cccc(Br)c1)Nc1ccccc1. The number of carbonyl (C=O) groups excluding carboxylic acids is 2. The highest BCUT2D eigenvalue weighted by atomic mass is 79.9. The van der Waals surface area contributed by atoms with Gasteiger partial charge in [-0.25, -0.2) is 0 Å². The maximum atomic E-state index is 11.8. The molecule has 0 bridgehead atoms. The van der Waals surface area contributed by atoms with Gasteiger partial charge in [-0.2, -0.15) is 0 Å². The summed E-state index contributed by atoms with van der Waals surface area (Å²) in [6.45, 7) is 0. The van der Waals surface area contributed by atoms with Crippen LogP contribution in [0.15, 0.2) is 59.1 Å². The minimum absolute atomic E-state index is 0.119. The first-order chi connectivity index (χ1) is 10.6. The van der Waals surface area contributed by atoms with E-state index in [1.54, 1.807) is 0 Å². The highest BCUT2D eigenvalue weighted by Crippen LogP contribution is 2.16. The van der Waals surface area contributed by atoms with Crippen molar-refractivity contribution in [3.8, 4) is 0 Å². The van der Waals surface area contributed by atoms with E-state index in [9.17, 15) is 9.59 Å². The molecule has 0 fully saturated rings. The van der Waals surface area contributed by atoms with Gasteiger partial charge in [-0.1, -0.05) is 40.2 Å². The lowest BCUT2D eigenvalue weighted by Gasteiger charge is -2.06. The predicted molar refractivity (Wildman–Crippen MR) is 95.2 cm³/mol. The molecule has 2 aromatic rings. The Morgan fingerprint density at radius 3 is 2.09 bits per heavy atom. The van der Waals surface area contributed by atoms with Crippen molar-refractivity contribution in [1.29, 1.82) is 0 Å². The molecule has 0 aliphatic heterocycles. The molecule has 2 aromatic carbocycles. The number of hydrogen-bond donors (Lipinski definition) is 2. The molecule has 2 amide bonds. The molecule has 114 valence electrons. The average molecular weight is 379 g/mol. The maximum Gasteiger partial charge on any atom is 0.234 e. The molecule has 0 aromatic heterocycles. The standard InChI is InChI=1S/C16H15BrN2O2S/c17-12-5-4-8-14(9-12)19-16(21)11-22-10-15(20)18-13-6-2-1-3-7-13/h1-9H,10-11H2,(H,18,20)(H,19,21). The monoisotopic (exact) mass is 378 g/mol. The summed E-state index contributed by atoms with van der Waals surface area (Å²) in [4.78, 5) is 23.5. The number of para-hydroxylation sites is 1. The molecule has 2 rings (SSSR count). The molecule has 0 atom stereocenters. The highest BCUT2D eigenvalue weighted by molar-refractivity contribution is 9.10. The van der Waals surface area contributed by atoms with Gasteiger partial charge in [0.05, 0.1) is 11.5 Å². The number of nitrogens with one attached hydrogen (secondary N) is 2. The smallest absolute Gasteiger partial charge is 0.234 e. The topological polar surface area (TPSA) is 58.2 Å². The lowest BCUT2D eigenvalue weighted by molar-refractivity contribution is -0.114. The van der Waals surface area contributed by atoms with Crippen LogP contribution in [0, 0.1) is 0 Å². The minimum atomic E-state index is -0.129. The second-order valence-corrected chi connectivity index (χ2v) is 6.37. The molecule has 6 heteroatoms. The van der Waals surface area contributed by atoms with Crippen molar-refractivity contribution in [1.82, 2.24) is 0 Å². The summed E-state index contributed by atoms with van der Waals surface area (Å²) < 4.78 is 0.903. The van der Waals surface area contributed by atoms with Gasteiger partial charge in [-0.05, 0) is 30.3 Å². The van der Waals surface area contributed by atoms with Crippen molar-refractivity contribution in [2.45, 2.75) is 0 Å². The molecule has 0 aliphatic carbocycles. The zero-order valence-corrected chi connectivity index (χ0v) is 14.1. The molecule has 22 heavy (non-hydrogen) atoms. The van der Waals surface area contributed by atoms with Crippen molar-refractivity contribution in [3.05, 3.63) is 59.1 Å². The Morgan fingerprint density at radius 1 is 0.864 bits per heavy atom. The van der Waals surface area contributed by atoms with E-state index in [0.717, 1.165) is 15.8 Å². The zero-order valence-electron chi connectivity index (χ0n) is 11.7. The third-order valence-electron chi connectivity index (χ3n) is 2.63. The van der Waals surface area contributed by atoms with Crippen LogP contribution in [-0.4, -0.2) is 23.3 Å². The number of halogens is 1. The summed E-state index contributed by atoms with van der Waals surface area (Å²) >= 11 is 4.62. The summed E-state index contributed by atoms with van der Waals surface area (Å²) in [5, 5.41) is 5.56. The number of thioether (sulfide) groups is 1. The van der Waals surface area contributed by atoms with Crippen molar-refractivity contribution >= 4 is 50.9 Å². The normalized spacial score (nSPS) is 10.0. The first kappa shape index (κ1) is 16.6. The lowest BCUT2D eigenvalue weighted by atomic mass is 10.3. The highest BCUT2D eigenvalue weighted by Gasteiger charge is 2.06. The van der Waals surface area contributed by atoms with Crippen molar-refractivity contribution in [2.24, 2.45) is 0 Å². The number of benzene rings is 2. The van der Waals surface area contributed by atoms with Crippen LogP contribution in [0.1, 0.15) is 0 Å². The summed E-state index contributed by atoms with van der Waals surface area (Å²) in [5.41, 5.74) is 1.49. The largest absolute Gasteiger partial charge is 0.325 e. The van der Waals surface area contributed by atoms with Crippen molar-refractivity contribution < 1.29 is 9.59 Å². The van der Waals surface area contributed by atoms with Crippen LogP contribution in [0.25, 0.3) is 0 Å². The van der Waals surface area contributed by atoms with Gasteiger partial charge < -0.3 is 10.6 Å². The first-order valence-electron chi connectivity index (χ1n) is 6.61. The second-order valence-electron chi connectivity index (χ2n) is 4.47. The van der Waals surface area contributed by atoms with Gasteiger partial charge in [0, 0.05) is 15.8 Å². The summed E-state index contributed by atoms with van der Waals surface area (Å²) in [5.74, 6) is 0.220. The Kier molecular flexibility index (Phi) is 6.48. The Labute approximate surface area is 141 Å².